The van der Waals surface area contributed by atoms with Crippen molar-refractivity contribution in [3.8, 4) is 11.1 Å². The molecule has 0 spiro atoms. The van der Waals surface area contributed by atoms with E-state index in [9.17, 15) is 0 Å². The second kappa shape index (κ2) is 10.1. The van der Waals surface area contributed by atoms with Gasteiger partial charge in [-0.15, -0.1) is 0 Å². The smallest absolute Gasteiger partial charge is 0.227 e. The average molecular weight is 481 g/mol. The maximum absolute atomic E-state index is 5.48. The van der Waals surface area contributed by atoms with Gasteiger partial charge in [0.15, 0.2) is 0 Å². The first-order valence-corrected chi connectivity index (χ1v) is 12.7. The van der Waals surface area contributed by atoms with Crippen LogP contribution in [0.15, 0.2) is 72.9 Å². The van der Waals surface area contributed by atoms with E-state index < -0.39 is 0 Å². The molecule has 2 aliphatic rings. The number of aromatic nitrogens is 2. The van der Waals surface area contributed by atoms with Crippen molar-refractivity contribution in [2.75, 3.05) is 74.6 Å². The molecule has 7 nitrogen and oxygen atoms in total. The zero-order valence-corrected chi connectivity index (χ0v) is 20.7. The third-order valence-electron chi connectivity index (χ3n) is 7.13. The number of nitrogens with zero attached hydrogens (tertiary/aromatic N) is 5. The van der Waals surface area contributed by atoms with Crippen molar-refractivity contribution in [2.45, 2.75) is 0 Å². The molecule has 6 rings (SSSR count). The molecule has 1 N–H and O–H groups in total. The number of hydrogen-bond acceptors (Lipinski definition) is 7. The van der Waals surface area contributed by atoms with Gasteiger partial charge in [0.05, 0.1) is 18.7 Å². The number of likely N-dealkylation sites (N-methyl/N-ethyl adjacent to an activating group) is 1. The Bertz CT molecular complexity index is 1330. The first-order chi connectivity index (χ1) is 17.7. The summed E-state index contributed by atoms with van der Waals surface area (Å²) in [4.78, 5) is 16.6. The second-order valence-corrected chi connectivity index (χ2v) is 9.58. The Morgan fingerprint density at radius 2 is 1.50 bits per heavy atom. The molecule has 2 aliphatic heterocycles. The first-order valence-electron chi connectivity index (χ1n) is 12.7. The van der Waals surface area contributed by atoms with Gasteiger partial charge in [-0.25, -0.2) is 9.97 Å². The summed E-state index contributed by atoms with van der Waals surface area (Å²) >= 11 is 0. The summed E-state index contributed by atoms with van der Waals surface area (Å²) < 4.78 is 5.48. The highest BCUT2D eigenvalue weighted by atomic mass is 16.5. The van der Waals surface area contributed by atoms with Crippen LogP contribution in [0.4, 0.5) is 23.0 Å². The van der Waals surface area contributed by atoms with Gasteiger partial charge in [-0.2, -0.15) is 0 Å². The van der Waals surface area contributed by atoms with Crippen molar-refractivity contribution in [2.24, 2.45) is 0 Å². The molecule has 0 unspecified atom stereocenters. The van der Waals surface area contributed by atoms with E-state index in [1.165, 1.54) is 16.9 Å². The molecule has 0 amide bonds. The van der Waals surface area contributed by atoms with Gasteiger partial charge in [0.25, 0.3) is 0 Å². The third-order valence-corrected chi connectivity index (χ3v) is 7.13. The zero-order chi connectivity index (χ0) is 24.3. The maximum Gasteiger partial charge on any atom is 0.227 e. The lowest BCUT2D eigenvalue weighted by atomic mass is 10.0. The monoisotopic (exact) mass is 480 g/mol. The molecule has 36 heavy (non-hydrogen) atoms. The summed E-state index contributed by atoms with van der Waals surface area (Å²) in [6, 6.07) is 23.7. The number of ether oxygens (including phenoxy) is 1. The molecular weight excluding hydrogens is 448 g/mol. The molecule has 2 fully saturated rings. The number of anilines is 4. The van der Waals surface area contributed by atoms with E-state index in [2.05, 4.69) is 98.8 Å². The van der Waals surface area contributed by atoms with Crippen LogP contribution in [-0.4, -0.2) is 74.4 Å². The fourth-order valence-electron chi connectivity index (χ4n) is 4.92. The fraction of sp³-hybridized carbons (Fsp3) is 0.310. The molecule has 4 aromatic rings. The Morgan fingerprint density at radius 1 is 0.750 bits per heavy atom. The van der Waals surface area contributed by atoms with Gasteiger partial charge in [-0.05, 0) is 54.6 Å². The summed E-state index contributed by atoms with van der Waals surface area (Å²) in [5.74, 6) is 0.609. The van der Waals surface area contributed by atoms with E-state index in [0.29, 0.717) is 5.95 Å². The van der Waals surface area contributed by atoms with Crippen molar-refractivity contribution < 1.29 is 4.74 Å². The number of fused-ring (bicyclic) bond motifs is 1. The molecule has 0 radical (unpaired) electrons. The Labute approximate surface area is 212 Å². The van der Waals surface area contributed by atoms with Crippen LogP contribution >= 0.6 is 0 Å². The highest BCUT2D eigenvalue weighted by Gasteiger charge is 2.15. The van der Waals surface area contributed by atoms with Crippen LogP contribution in [-0.2, 0) is 4.74 Å². The van der Waals surface area contributed by atoms with Crippen molar-refractivity contribution >= 4 is 33.9 Å². The van der Waals surface area contributed by atoms with Crippen LogP contribution < -0.4 is 15.1 Å². The topological polar surface area (TPSA) is 56.8 Å². The third kappa shape index (κ3) is 4.98. The number of rotatable bonds is 5. The minimum Gasteiger partial charge on any atom is -0.378 e. The van der Waals surface area contributed by atoms with E-state index in [1.807, 2.05) is 6.20 Å². The van der Waals surface area contributed by atoms with Gasteiger partial charge < -0.3 is 24.8 Å². The fourth-order valence-corrected chi connectivity index (χ4v) is 4.92. The van der Waals surface area contributed by atoms with Crippen LogP contribution in [0.5, 0.6) is 0 Å². The second-order valence-electron chi connectivity index (χ2n) is 9.58. The van der Waals surface area contributed by atoms with Gasteiger partial charge in [-0.3, -0.25) is 0 Å². The average Bonchev–Trinajstić information content (AvgIpc) is 2.94. The summed E-state index contributed by atoms with van der Waals surface area (Å²) in [5, 5.41) is 4.44. The van der Waals surface area contributed by atoms with Crippen LogP contribution in [0.1, 0.15) is 0 Å². The van der Waals surface area contributed by atoms with Crippen molar-refractivity contribution in [3.63, 3.8) is 0 Å². The zero-order valence-electron chi connectivity index (χ0n) is 20.7. The minimum atomic E-state index is 0.609. The lowest BCUT2D eigenvalue weighted by Gasteiger charge is -2.34. The molecule has 3 heterocycles. The maximum atomic E-state index is 5.48. The van der Waals surface area contributed by atoms with Gasteiger partial charge in [0.2, 0.25) is 5.95 Å². The van der Waals surface area contributed by atoms with E-state index in [4.69, 9.17) is 9.72 Å². The highest BCUT2D eigenvalue weighted by molar-refractivity contribution is 5.85. The molecule has 7 heteroatoms. The van der Waals surface area contributed by atoms with Gasteiger partial charge >= 0.3 is 0 Å². The van der Waals surface area contributed by atoms with Crippen LogP contribution in [0.3, 0.4) is 0 Å². The van der Waals surface area contributed by atoms with Gasteiger partial charge in [0.1, 0.15) is 0 Å². The Kier molecular flexibility index (Phi) is 6.40. The van der Waals surface area contributed by atoms with E-state index in [-0.39, 0.29) is 0 Å². The highest BCUT2D eigenvalue weighted by Crippen LogP contribution is 2.28. The van der Waals surface area contributed by atoms with Gasteiger partial charge in [-0.1, -0.05) is 30.3 Å². The van der Waals surface area contributed by atoms with E-state index in [0.717, 1.165) is 74.6 Å². The molecule has 0 saturated carbocycles. The Balaban J connectivity index is 1.20. The number of piperazine rings is 1. The molecule has 3 aromatic carbocycles. The standard InChI is InChI=1S/C29H32N6O/c1-33-11-13-34(14-12-33)27-4-2-3-25(20-27)31-29-30-21-24-6-5-23(19-28(24)32-29)22-7-9-26(10-8-22)35-15-17-36-18-16-35/h2-10,19-21H,11-18H2,1H3,(H,30,31,32). The van der Waals surface area contributed by atoms with E-state index in [1.54, 1.807) is 0 Å². The summed E-state index contributed by atoms with van der Waals surface area (Å²) in [7, 11) is 2.18. The lowest BCUT2D eigenvalue weighted by molar-refractivity contribution is 0.122. The number of nitrogens with one attached hydrogen (secondary N) is 1. The number of benzene rings is 3. The SMILES string of the molecule is CN1CCN(c2cccc(Nc3ncc4ccc(-c5ccc(N6CCOCC6)cc5)cc4n3)c2)CC1. The van der Waals surface area contributed by atoms with Gasteiger partial charge in [0, 0.05) is 67.9 Å². The lowest BCUT2D eigenvalue weighted by Crippen LogP contribution is -2.44. The van der Waals surface area contributed by atoms with Crippen molar-refractivity contribution in [1.82, 2.24) is 14.9 Å². The molecule has 1 aromatic heterocycles. The van der Waals surface area contributed by atoms with Crippen LogP contribution in [0.25, 0.3) is 22.0 Å². The van der Waals surface area contributed by atoms with Crippen LogP contribution in [0.2, 0.25) is 0 Å². The predicted molar refractivity (Wildman–Crippen MR) is 147 cm³/mol. The van der Waals surface area contributed by atoms with Crippen molar-refractivity contribution in [3.05, 3.63) is 72.9 Å². The van der Waals surface area contributed by atoms with E-state index >= 15 is 0 Å². The largest absolute Gasteiger partial charge is 0.378 e. The summed E-state index contributed by atoms with van der Waals surface area (Å²) in [6.45, 7) is 7.74. The first kappa shape index (κ1) is 22.8. The molecule has 2 saturated heterocycles. The molecule has 0 atom stereocenters. The summed E-state index contributed by atoms with van der Waals surface area (Å²) in [6.07, 6.45) is 1.89. The molecule has 184 valence electrons. The predicted octanol–water partition coefficient (Wildman–Crippen LogP) is 4.63. The summed E-state index contributed by atoms with van der Waals surface area (Å²) in [5.41, 5.74) is 6.74. The van der Waals surface area contributed by atoms with Crippen molar-refractivity contribution in [1.29, 1.82) is 0 Å². The number of morpholine rings is 1. The quantitative estimate of drug-likeness (QED) is 0.447. The Morgan fingerprint density at radius 3 is 2.31 bits per heavy atom. The normalized spacial score (nSPS) is 16.9. The molecular formula is C29H32N6O. The molecule has 0 aliphatic carbocycles. The molecule has 0 bridgehead atoms. The number of hydrogen-bond donors (Lipinski definition) is 1. The van der Waals surface area contributed by atoms with Crippen LogP contribution in [0, 0.1) is 0 Å². The minimum absolute atomic E-state index is 0.609. The Hall–Kier alpha value is -3.68.